The number of fused-ring (bicyclic) bond motifs is 1. The van der Waals surface area contributed by atoms with Gasteiger partial charge in [-0.1, -0.05) is 18.2 Å². The summed E-state index contributed by atoms with van der Waals surface area (Å²) in [5.74, 6) is -0.0561. The molecule has 0 saturated carbocycles. The highest BCUT2D eigenvalue weighted by Gasteiger charge is 2.33. The lowest BCUT2D eigenvalue weighted by atomic mass is 9.97. The quantitative estimate of drug-likeness (QED) is 0.333. The van der Waals surface area contributed by atoms with E-state index in [4.69, 9.17) is 9.47 Å². The van der Waals surface area contributed by atoms with Gasteiger partial charge in [0.2, 0.25) is 5.82 Å². The molecule has 1 aliphatic rings. The number of carbonyl (C=O) groups excluding carboxylic acids is 1. The minimum Gasteiger partial charge on any atom is -0.466 e. The lowest BCUT2D eigenvalue weighted by molar-refractivity contribution is -0.385. The number of ether oxygens (including phenoxy) is 2. The maximum absolute atomic E-state index is 12.0. The summed E-state index contributed by atoms with van der Waals surface area (Å²) in [6.45, 7) is 2.98. The first-order valence-corrected chi connectivity index (χ1v) is 10.0. The molecule has 2 aromatic heterocycles. The van der Waals surface area contributed by atoms with Crippen molar-refractivity contribution in [2.75, 3.05) is 24.6 Å². The standard InChI is InChI=1S/C21H21N5O5/c1-2-30-21(27)15-8-11-25(12-9-15)19-18(26(28)29)20(24-13-23-19)31-16-7-3-5-14-6-4-10-22-17(14)16/h3-7,10,13,15H,2,8-9,11-12H2,1H3. The van der Waals surface area contributed by atoms with Gasteiger partial charge in [-0.3, -0.25) is 19.9 Å². The van der Waals surface area contributed by atoms with Gasteiger partial charge in [0.05, 0.1) is 17.4 Å². The SMILES string of the molecule is CCOC(=O)C1CCN(c2ncnc(Oc3cccc4cccnc34)c2[N+](=O)[O-])CC1. The maximum Gasteiger partial charge on any atom is 0.373 e. The highest BCUT2D eigenvalue weighted by molar-refractivity contribution is 5.84. The van der Waals surface area contributed by atoms with Crippen molar-refractivity contribution in [1.82, 2.24) is 15.0 Å². The van der Waals surface area contributed by atoms with E-state index in [0.717, 1.165) is 5.39 Å². The predicted octanol–water partition coefficient (Wildman–Crippen LogP) is 3.50. The molecule has 4 rings (SSSR count). The summed E-state index contributed by atoms with van der Waals surface area (Å²) in [5, 5.41) is 12.8. The Labute approximate surface area is 178 Å². The molecular weight excluding hydrogens is 402 g/mol. The summed E-state index contributed by atoms with van der Waals surface area (Å²) in [6.07, 6.45) is 3.93. The molecule has 0 radical (unpaired) electrons. The Morgan fingerprint density at radius 2 is 1.97 bits per heavy atom. The van der Waals surface area contributed by atoms with Crippen molar-refractivity contribution in [2.45, 2.75) is 19.8 Å². The molecule has 10 heteroatoms. The van der Waals surface area contributed by atoms with Crippen LogP contribution >= 0.6 is 0 Å². The van der Waals surface area contributed by atoms with Gasteiger partial charge in [0.25, 0.3) is 0 Å². The Morgan fingerprint density at radius 1 is 1.19 bits per heavy atom. The first-order valence-electron chi connectivity index (χ1n) is 10.0. The van der Waals surface area contributed by atoms with E-state index in [9.17, 15) is 14.9 Å². The molecule has 0 bridgehead atoms. The third kappa shape index (κ3) is 4.23. The van der Waals surface area contributed by atoms with Crippen molar-refractivity contribution in [1.29, 1.82) is 0 Å². The number of aromatic nitrogens is 3. The van der Waals surface area contributed by atoms with Gasteiger partial charge in [-0.25, -0.2) is 4.98 Å². The number of para-hydroxylation sites is 1. The van der Waals surface area contributed by atoms with Crippen molar-refractivity contribution >= 4 is 28.4 Å². The van der Waals surface area contributed by atoms with Gasteiger partial charge < -0.3 is 14.4 Å². The second kappa shape index (κ2) is 8.90. The van der Waals surface area contributed by atoms with E-state index in [0.29, 0.717) is 43.8 Å². The number of carbonyl (C=O) groups is 1. The number of hydrogen-bond acceptors (Lipinski definition) is 9. The van der Waals surface area contributed by atoms with Gasteiger partial charge in [0.1, 0.15) is 11.8 Å². The molecule has 10 nitrogen and oxygen atoms in total. The third-order valence-electron chi connectivity index (χ3n) is 5.17. The summed E-state index contributed by atoms with van der Waals surface area (Å²) >= 11 is 0. The fourth-order valence-corrected chi connectivity index (χ4v) is 3.67. The first kappa shape index (κ1) is 20.5. The molecule has 1 aromatic carbocycles. The molecule has 3 aromatic rings. The zero-order valence-corrected chi connectivity index (χ0v) is 16.9. The molecular formula is C21H21N5O5. The lowest BCUT2D eigenvalue weighted by Crippen LogP contribution is -2.37. The van der Waals surface area contributed by atoms with Crippen LogP contribution in [0.4, 0.5) is 11.5 Å². The van der Waals surface area contributed by atoms with Crippen molar-refractivity contribution in [2.24, 2.45) is 5.92 Å². The van der Waals surface area contributed by atoms with Gasteiger partial charge >= 0.3 is 17.5 Å². The van der Waals surface area contributed by atoms with Crippen LogP contribution in [0.2, 0.25) is 0 Å². The van der Waals surface area contributed by atoms with Gasteiger partial charge in [-0.15, -0.1) is 0 Å². The number of piperidine rings is 1. The zero-order valence-electron chi connectivity index (χ0n) is 16.9. The summed E-state index contributed by atoms with van der Waals surface area (Å²) in [6, 6.07) is 9.03. The summed E-state index contributed by atoms with van der Waals surface area (Å²) < 4.78 is 10.9. The largest absolute Gasteiger partial charge is 0.466 e. The van der Waals surface area contributed by atoms with E-state index in [1.165, 1.54) is 6.33 Å². The Kier molecular flexibility index (Phi) is 5.87. The van der Waals surface area contributed by atoms with Crippen molar-refractivity contribution < 1.29 is 19.2 Å². The smallest absolute Gasteiger partial charge is 0.373 e. The minimum atomic E-state index is -0.541. The van der Waals surface area contributed by atoms with Crippen LogP contribution in [0, 0.1) is 16.0 Å². The number of benzene rings is 1. The molecule has 0 unspecified atom stereocenters. The van der Waals surface area contributed by atoms with E-state index in [1.54, 1.807) is 36.2 Å². The Morgan fingerprint density at radius 3 is 2.71 bits per heavy atom. The minimum absolute atomic E-state index is 0.152. The van der Waals surface area contributed by atoms with E-state index in [1.807, 2.05) is 12.1 Å². The fourth-order valence-electron chi connectivity index (χ4n) is 3.67. The van der Waals surface area contributed by atoms with Gasteiger partial charge in [0.15, 0.2) is 5.75 Å². The van der Waals surface area contributed by atoms with Crippen molar-refractivity contribution in [3.63, 3.8) is 0 Å². The van der Waals surface area contributed by atoms with Crippen LogP contribution < -0.4 is 9.64 Å². The lowest BCUT2D eigenvalue weighted by Gasteiger charge is -2.31. The van der Waals surface area contributed by atoms with Crippen LogP contribution in [-0.4, -0.2) is 45.5 Å². The zero-order chi connectivity index (χ0) is 21.8. The van der Waals surface area contributed by atoms with Crippen LogP contribution in [0.25, 0.3) is 10.9 Å². The second-order valence-electron chi connectivity index (χ2n) is 7.05. The van der Waals surface area contributed by atoms with Crippen LogP contribution in [-0.2, 0) is 9.53 Å². The third-order valence-corrected chi connectivity index (χ3v) is 5.17. The van der Waals surface area contributed by atoms with Gasteiger partial charge in [-0.05, 0) is 31.9 Å². The highest BCUT2D eigenvalue weighted by atomic mass is 16.6. The summed E-state index contributed by atoms with van der Waals surface area (Å²) in [7, 11) is 0. The molecule has 1 saturated heterocycles. The number of anilines is 1. The monoisotopic (exact) mass is 423 g/mol. The number of rotatable bonds is 6. The average Bonchev–Trinajstić information content (AvgIpc) is 2.79. The summed E-state index contributed by atoms with van der Waals surface area (Å²) in [4.78, 5) is 37.6. The van der Waals surface area contributed by atoms with E-state index < -0.39 is 4.92 Å². The van der Waals surface area contributed by atoms with Gasteiger partial charge in [0, 0.05) is 24.7 Å². The second-order valence-corrected chi connectivity index (χ2v) is 7.05. The number of hydrogen-bond donors (Lipinski definition) is 0. The highest BCUT2D eigenvalue weighted by Crippen LogP contribution is 2.38. The molecule has 1 aliphatic heterocycles. The Hall–Kier alpha value is -3.82. The van der Waals surface area contributed by atoms with Crippen LogP contribution in [0.1, 0.15) is 19.8 Å². The molecule has 160 valence electrons. The Bertz CT molecular complexity index is 1110. The molecule has 1 fully saturated rings. The molecule has 0 aliphatic carbocycles. The number of pyridine rings is 1. The number of esters is 1. The fraction of sp³-hybridized carbons (Fsp3) is 0.333. The molecule has 31 heavy (non-hydrogen) atoms. The van der Waals surface area contributed by atoms with Crippen molar-refractivity contribution in [3.05, 3.63) is 53.0 Å². The van der Waals surface area contributed by atoms with Gasteiger partial charge in [-0.2, -0.15) is 4.98 Å². The molecule has 0 atom stereocenters. The molecule has 0 amide bonds. The average molecular weight is 423 g/mol. The Balaban J connectivity index is 1.62. The van der Waals surface area contributed by atoms with Crippen molar-refractivity contribution in [3.8, 4) is 11.6 Å². The summed E-state index contributed by atoms with van der Waals surface area (Å²) in [5.41, 5.74) is 0.264. The van der Waals surface area contributed by atoms with E-state index in [2.05, 4.69) is 15.0 Å². The number of nitro groups is 1. The maximum atomic E-state index is 12.0. The van der Waals surface area contributed by atoms with Crippen LogP contribution in [0.15, 0.2) is 42.9 Å². The predicted molar refractivity (Wildman–Crippen MR) is 112 cm³/mol. The topological polar surface area (TPSA) is 121 Å². The number of nitrogens with zero attached hydrogens (tertiary/aromatic N) is 5. The van der Waals surface area contributed by atoms with Crippen LogP contribution in [0.5, 0.6) is 11.6 Å². The molecule has 3 heterocycles. The molecule has 0 N–H and O–H groups in total. The molecule has 0 spiro atoms. The van der Waals surface area contributed by atoms with E-state index in [-0.39, 0.29) is 29.3 Å². The first-order chi connectivity index (χ1) is 15.1. The van der Waals surface area contributed by atoms with Crippen LogP contribution in [0.3, 0.4) is 0 Å². The normalized spacial score (nSPS) is 14.4. The van der Waals surface area contributed by atoms with E-state index >= 15 is 0 Å².